The first-order valence-electron chi connectivity index (χ1n) is 7.76. The second kappa shape index (κ2) is 8.21. The van der Waals surface area contributed by atoms with E-state index in [0.717, 1.165) is 37.3 Å². The Kier molecular flexibility index (Phi) is 6.22. The third-order valence-electron chi connectivity index (χ3n) is 4.02. The molecule has 0 radical (unpaired) electrons. The average molecular weight is 261 g/mol. The minimum atomic E-state index is 0.738. The summed E-state index contributed by atoms with van der Waals surface area (Å²) in [5.41, 5.74) is 0. The van der Waals surface area contributed by atoms with Crippen molar-refractivity contribution >= 4 is 0 Å². The molecule has 1 aliphatic rings. The molecule has 0 saturated heterocycles. The van der Waals surface area contributed by atoms with Crippen LogP contribution in [0.25, 0.3) is 0 Å². The highest BCUT2D eigenvalue weighted by atomic mass is 16.5. The fourth-order valence-electron chi connectivity index (χ4n) is 2.78. The summed E-state index contributed by atoms with van der Waals surface area (Å²) in [5, 5.41) is 3.69. The van der Waals surface area contributed by atoms with E-state index >= 15 is 0 Å². The van der Waals surface area contributed by atoms with Crippen molar-refractivity contribution in [3.63, 3.8) is 0 Å². The molecule has 1 N–H and O–H groups in total. The van der Waals surface area contributed by atoms with Gasteiger partial charge in [-0.25, -0.2) is 0 Å². The normalized spacial score (nSPS) is 23.8. The zero-order valence-electron chi connectivity index (χ0n) is 12.1. The molecule has 1 saturated carbocycles. The smallest absolute Gasteiger partial charge is 0.119 e. The summed E-state index contributed by atoms with van der Waals surface area (Å²) >= 11 is 0. The Bertz CT molecular complexity index is 338. The Morgan fingerprint density at radius 3 is 2.79 bits per heavy atom. The monoisotopic (exact) mass is 261 g/mol. The van der Waals surface area contributed by atoms with Crippen molar-refractivity contribution in [1.82, 2.24) is 5.32 Å². The molecule has 0 aliphatic heterocycles. The fraction of sp³-hybridized carbons (Fsp3) is 0.647. The number of hydrogen-bond acceptors (Lipinski definition) is 2. The molecular weight excluding hydrogens is 234 g/mol. The molecule has 1 aromatic carbocycles. The van der Waals surface area contributed by atoms with Crippen LogP contribution < -0.4 is 10.1 Å². The lowest BCUT2D eigenvalue weighted by Gasteiger charge is -2.16. The number of nitrogens with one attached hydrogen (secondary N) is 1. The van der Waals surface area contributed by atoms with E-state index < -0.39 is 0 Å². The molecule has 0 spiro atoms. The van der Waals surface area contributed by atoms with Crippen molar-refractivity contribution in [2.24, 2.45) is 5.92 Å². The lowest BCUT2D eigenvalue weighted by atomic mass is 10.0. The average Bonchev–Trinajstić information content (AvgIpc) is 2.64. The second-order valence-corrected chi connectivity index (χ2v) is 5.78. The van der Waals surface area contributed by atoms with Crippen LogP contribution in [0.5, 0.6) is 5.75 Å². The van der Waals surface area contributed by atoms with Gasteiger partial charge in [-0.1, -0.05) is 38.0 Å². The molecule has 1 aliphatic carbocycles. The standard InChI is InChI=1S/C17H27NO/c1-15-7-5-8-16(12-11-15)18-13-6-14-19-17-9-3-2-4-10-17/h2-4,9-10,15-16,18H,5-8,11-14H2,1H3. The summed E-state index contributed by atoms with van der Waals surface area (Å²) in [6, 6.07) is 10.8. The highest BCUT2D eigenvalue weighted by Gasteiger charge is 2.14. The number of ether oxygens (including phenoxy) is 1. The van der Waals surface area contributed by atoms with Crippen LogP contribution in [0.2, 0.25) is 0 Å². The van der Waals surface area contributed by atoms with Crippen molar-refractivity contribution in [3.05, 3.63) is 30.3 Å². The summed E-state index contributed by atoms with van der Waals surface area (Å²) in [4.78, 5) is 0. The number of benzene rings is 1. The van der Waals surface area contributed by atoms with E-state index in [1.165, 1.54) is 32.1 Å². The van der Waals surface area contributed by atoms with Gasteiger partial charge in [0.2, 0.25) is 0 Å². The summed E-state index contributed by atoms with van der Waals surface area (Å²) < 4.78 is 5.70. The quantitative estimate of drug-likeness (QED) is 0.617. The topological polar surface area (TPSA) is 21.3 Å². The van der Waals surface area contributed by atoms with E-state index in [2.05, 4.69) is 12.2 Å². The largest absolute Gasteiger partial charge is 0.494 e. The van der Waals surface area contributed by atoms with Gasteiger partial charge in [-0.3, -0.25) is 0 Å². The van der Waals surface area contributed by atoms with Gasteiger partial charge < -0.3 is 10.1 Å². The first-order valence-corrected chi connectivity index (χ1v) is 7.76. The Hall–Kier alpha value is -1.02. The van der Waals surface area contributed by atoms with Gasteiger partial charge in [0, 0.05) is 6.04 Å². The predicted molar refractivity (Wildman–Crippen MR) is 80.6 cm³/mol. The van der Waals surface area contributed by atoms with Crippen molar-refractivity contribution in [2.75, 3.05) is 13.2 Å². The molecule has 0 heterocycles. The maximum absolute atomic E-state index is 5.70. The molecular formula is C17H27NO. The predicted octanol–water partition coefficient (Wildman–Crippen LogP) is 4.01. The van der Waals surface area contributed by atoms with Crippen LogP contribution in [0.3, 0.4) is 0 Å². The minimum absolute atomic E-state index is 0.738. The molecule has 0 amide bonds. The molecule has 2 rings (SSSR count). The summed E-state index contributed by atoms with van der Waals surface area (Å²) in [6.45, 7) is 4.27. The van der Waals surface area contributed by atoms with E-state index in [1.54, 1.807) is 0 Å². The maximum Gasteiger partial charge on any atom is 0.119 e. The van der Waals surface area contributed by atoms with Gasteiger partial charge in [0.25, 0.3) is 0 Å². The van der Waals surface area contributed by atoms with Crippen LogP contribution >= 0.6 is 0 Å². The third kappa shape index (κ3) is 5.65. The van der Waals surface area contributed by atoms with Gasteiger partial charge >= 0.3 is 0 Å². The fourth-order valence-corrected chi connectivity index (χ4v) is 2.78. The highest BCUT2D eigenvalue weighted by Crippen LogP contribution is 2.22. The van der Waals surface area contributed by atoms with Gasteiger partial charge in [0.15, 0.2) is 0 Å². The zero-order chi connectivity index (χ0) is 13.3. The molecule has 2 unspecified atom stereocenters. The lowest BCUT2D eigenvalue weighted by Crippen LogP contribution is -2.30. The first-order chi connectivity index (χ1) is 9.34. The molecule has 1 fully saturated rings. The highest BCUT2D eigenvalue weighted by molar-refractivity contribution is 5.20. The Balaban J connectivity index is 1.54. The molecule has 2 atom stereocenters. The summed E-state index contributed by atoms with van der Waals surface area (Å²) in [5.74, 6) is 1.90. The third-order valence-corrected chi connectivity index (χ3v) is 4.02. The van der Waals surface area contributed by atoms with Gasteiger partial charge in [-0.15, -0.1) is 0 Å². The molecule has 2 nitrogen and oxygen atoms in total. The van der Waals surface area contributed by atoms with Crippen LogP contribution in [-0.4, -0.2) is 19.2 Å². The Morgan fingerprint density at radius 2 is 1.95 bits per heavy atom. The maximum atomic E-state index is 5.70. The van der Waals surface area contributed by atoms with E-state index in [0.29, 0.717) is 0 Å². The van der Waals surface area contributed by atoms with Gasteiger partial charge in [-0.2, -0.15) is 0 Å². The molecule has 2 heteroatoms. The van der Waals surface area contributed by atoms with Crippen LogP contribution in [0, 0.1) is 5.92 Å². The van der Waals surface area contributed by atoms with E-state index in [4.69, 9.17) is 4.74 Å². The Morgan fingerprint density at radius 1 is 1.11 bits per heavy atom. The van der Waals surface area contributed by atoms with E-state index in [1.807, 2.05) is 30.3 Å². The summed E-state index contributed by atoms with van der Waals surface area (Å²) in [7, 11) is 0. The summed E-state index contributed by atoms with van der Waals surface area (Å²) in [6.07, 6.45) is 7.97. The SMILES string of the molecule is CC1CCCC(NCCCOc2ccccc2)CC1. The van der Waals surface area contributed by atoms with Gasteiger partial charge in [-0.05, 0) is 50.3 Å². The van der Waals surface area contributed by atoms with Crippen molar-refractivity contribution in [3.8, 4) is 5.75 Å². The van der Waals surface area contributed by atoms with Gasteiger partial charge in [0.05, 0.1) is 6.61 Å². The minimum Gasteiger partial charge on any atom is -0.494 e. The number of para-hydroxylation sites is 1. The van der Waals surface area contributed by atoms with Gasteiger partial charge in [0.1, 0.15) is 5.75 Å². The van der Waals surface area contributed by atoms with Crippen molar-refractivity contribution in [2.45, 2.75) is 51.5 Å². The molecule has 19 heavy (non-hydrogen) atoms. The first kappa shape index (κ1) is 14.4. The van der Waals surface area contributed by atoms with Crippen LogP contribution in [0.15, 0.2) is 30.3 Å². The van der Waals surface area contributed by atoms with Crippen LogP contribution in [-0.2, 0) is 0 Å². The molecule has 1 aromatic rings. The molecule has 0 bridgehead atoms. The number of rotatable bonds is 6. The van der Waals surface area contributed by atoms with Crippen LogP contribution in [0.1, 0.15) is 45.4 Å². The zero-order valence-corrected chi connectivity index (χ0v) is 12.1. The molecule has 106 valence electrons. The lowest BCUT2D eigenvalue weighted by molar-refractivity contribution is 0.302. The number of hydrogen-bond donors (Lipinski definition) is 1. The second-order valence-electron chi connectivity index (χ2n) is 5.78. The molecule has 0 aromatic heterocycles. The Labute approximate surface area is 117 Å². The van der Waals surface area contributed by atoms with Crippen LogP contribution in [0.4, 0.5) is 0 Å². The van der Waals surface area contributed by atoms with E-state index in [9.17, 15) is 0 Å². The van der Waals surface area contributed by atoms with Crippen molar-refractivity contribution in [1.29, 1.82) is 0 Å². The van der Waals surface area contributed by atoms with E-state index in [-0.39, 0.29) is 0 Å². The van der Waals surface area contributed by atoms with Crippen molar-refractivity contribution < 1.29 is 4.74 Å².